The molecule has 9 nitrogen and oxygen atoms in total. The first-order chi connectivity index (χ1) is 23.2. The zero-order valence-corrected chi connectivity index (χ0v) is 26.7. The summed E-state index contributed by atoms with van der Waals surface area (Å²) in [5.74, 6) is -0.550. The van der Waals surface area contributed by atoms with E-state index in [0.29, 0.717) is 50.0 Å². The van der Waals surface area contributed by atoms with Gasteiger partial charge in [0, 0.05) is 44.8 Å². The predicted octanol–water partition coefficient (Wildman–Crippen LogP) is 6.76. The standard InChI is InChI=1S/C36H37F3N6O3/c1-24-8-7-17-43(22-24)34-41-33(36(37,38)39)32(48-34)30(46)20-26-13-14-31(40-21-26)42-18-15-27(16-19-42)45-29-12-6-5-11-28(29)44(35(45)47)23-25-9-3-2-4-10-25/h2-6,9-14,21,24,27H,7-8,15-20,22-23H2,1H3. The lowest BCUT2D eigenvalue weighted by molar-refractivity contribution is -0.141. The Kier molecular flexibility index (Phi) is 8.57. The van der Waals surface area contributed by atoms with Gasteiger partial charge in [-0.05, 0) is 60.9 Å². The van der Waals surface area contributed by atoms with E-state index in [-0.39, 0.29) is 24.2 Å². The third-order valence-electron chi connectivity index (χ3n) is 9.45. The van der Waals surface area contributed by atoms with Gasteiger partial charge in [0.05, 0.1) is 17.6 Å². The maximum Gasteiger partial charge on any atom is 0.437 e. The molecule has 2 fully saturated rings. The van der Waals surface area contributed by atoms with Crippen LogP contribution in [0, 0.1) is 5.92 Å². The molecule has 5 aromatic rings. The van der Waals surface area contributed by atoms with Crippen molar-refractivity contribution in [2.24, 2.45) is 5.92 Å². The molecule has 0 N–H and O–H groups in total. The zero-order valence-electron chi connectivity index (χ0n) is 26.7. The second kappa shape index (κ2) is 13.0. The van der Waals surface area contributed by atoms with E-state index in [0.717, 1.165) is 42.3 Å². The number of para-hydroxylation sites is 2. The number of imidazole rings is 1. The molecule has 2 saturated heterocycles. The number of carbonyl (C=O) groups is 1. The minimum absolute atomic E-state index is 0.0235. The number of carbonyl (C=O) groups excluding carboxylic acids is 1. The fraction of sp³-hybridized carbons (Fsp3) is 0.389. The van der Waals surface area contributed by atoms with Crippen LogP contribution in [0.25, 0.3) is 11.0 Å². The van der Waals surface area contributed by atoms with Crippen molar-refractivity contribution in [2.75, 3.05) is 36.0 Å². The highest BCUT2D eigenvalue weighted by Crippen LogP contribution is 2.36. The highest BCUT2D eigenvalue weighted by molar-refractivity contribution is 5.96. The number of Topliss-reactive ketones (excluding diaryl/α,β-unsaturated/α-hetero) is 1. The number of benzene rings is 2. The number of halogens is 3. The molecule has 3 aromatic heterocycles. The topological polar surface area (TPSA) is 89.4 Å². The first-order valence-electron chi connectivity index (χ1n) is 16.5. The molecule has 2 aromatic carbocycles. The highest BCUT2D eigenvalue weighted by atomic mass is 19.4. The van der Waals surface area contributed by atoms with E-state index in [2.05, 4.69) is 14.9 Å². The molecule has 0 aliphatic carbocycles. The number of oxazole rings is 1. The summed E-state index contributed by atoms with van der Waals surface area (Å²) in [5, 5.41) is 0. The van der Waals surface area contributed by atoms with Gasteiger partial charge < -0.3 is 14.2 Å². The lowest BCUT2D eigenvalue weighted by Gasteiger charge is -2.33. The predicted molar refractivity (Wildman–Crippen MR) is 177 cm³/mol. The average molecular weight is 659 g/mol. The van der Waals surface area contributed by atoms with Crippen molar-refractivity contribution >= 4 is 28.6 Å². The maximum atomic E-state index is 13.9. The molecule has 48 heavy (non-hydrogen) atoms. The molecule has 1 unspecified atom stereocenters. The van der Waals surface area contributed by atoms with Gasteiger partial charge in [-0.1, -0.05) is 55.5 Å². The molecule has 0 bridgehead atoms. The minimum Gasteiger partial charge on any atom is -0.420 e. The third kappa shape index (κ3) is 6.35. The van der Waals surface area contributed by atoms with E-state index in [4.69, 9.17) is 4.42 Å². The number of fused-ring (bicyclic) bond motifs is 1. The number of piperidine rings is 2. The quantitative estimate of drug-likeness (QED) is 0.170. The Balaban J connectivity index is 1.03. The van der Waals surface area contributed by atoms with E-state index in [1.54, 1.807) is 17.0 Å². The van der Waals surface area contributed by atoms with Gasteiger partial charge in [0.25, 0.3) is 6.01 Å². The Labute approximate surface area is 275 Å². The summed E-state index contributed by atoms with van der Waals surface area (Å²) in [6.07, 6.45) is -0.296. The summed E-state index contributed by atoms with van der Waals surface area (Å²) < 4.78 is 50.8. The van der Waals surface area contributed by atoms with Gasteiger partial charge in [0.1, 0.15) is 5.82 Å². The van der Waals surface area contributed by atoms with E-state index in [1.165, 1.54) is 6.20 Å². The monoisotopic (exact) mass is 658 g/mol. The zero-order chi connectivity index (χ0) is 33.4. The maximum absolute atomic E-state index is 13.9. The van der Waals surface area contributed by atoms with Crippen LogP contribution in [0.15, 0.2) is 82.1 Å². The van der Waals surface area contributed by atoms with Crippen LogP contribution in [0.4, 0.5) is 25.0 Å². The van der Waals surface area contributed by atoms with Crippen LogP contribution >= 0.6 is 0 Å². The largest absolute Gasteiger partial charge is 0.437 e. The molecule has 1 atom stereocenters. The van der Waals surface area contributed by atoms with Crippen molar-refractivity contribution in [1.82, 2.24) is 19.1 Å². The number of alkyl halides is 3. The van der Waals surface area contributed by atoms with Crippen LogP contribution in [0.3, 0.4) is 0 Å². The van der Waals surface area contributed by atoms with Crippen LogP contribution in [-0.2, 0) is 19.1 Å². The molecular weight excluding hydrogens is 621 g/mol. The van der Waals surface area contributed by atoms with E-state index < -0.39 is 23.4 Å². The summed E-state index contributed by atoms with van der Waals surface area (Å²) in [6, 6.07) is 21.2. The molecule has 250 valence electrons. The SMILES string of the molecule is CC1CCCN(c2nc(C(F)(F)F)c(C(=O)Cc3ccc(N4CCC(n5c(=O)n(Cc6ccccc6)c6ccccc65)CC4)nc3)o2)C1. The number of ketones is 1. The lowest BCUT2D eigenvalue weighted by Crippen LogP contribution is -2.38. The van der Waals surface area contributed by atoms with Gasteiger partial charge in [0.2, 0.25) is 11.5 Å². The lowest BCUT2D eigenvalue weighted by atomic mass is 10.0. The first kappa shape index (κ1) is 31.7. The number of hydrogen-bond acceptors (Lipinski definition) is 7. The summed E-state index contributed by atoms with van der Waals surface area (Å²) in [7, 11) is 0. The summed E-state index contributed by atoms with van der Waals surface area (Å²) in [5.41, 5.74) is 2.06. The van der Waals surface area contributed by atoms with Crippen LogP contribution in [0.1, 0.15) is 66.0 Å². The number of pyridine rings is 1. The second-order valence-electron chi connectivity index (χ2n) is 12.9. The van der Waals surface area contributed by atoms with Crippen molar-refractivity contribution in [3.05, 3.63) is 106 Å². The van der Waals surface area contributed by atoms with Crippen LogP contribution < -0.4 is 15.5 Å². The van der Waals surface area contributed by atoms with Crippen LogP contribution in [-0.4, -0.2) is 51.1 Å². The van der Waals surface area contributed by atoms with Crippen LogP contribution in [0.2, 0.25) is 0 Å². The fourth-order valence-corrected chi connectivity index (χ4v) is 7.02. The second-order valence-corrected chi connectivity index (χ2v) is 12.9. The summed E-state index contributed by atoms with van der Waals surface area (Å²) in [4.78, 5) is 38.9. The fourth-order valence-electron chi connectivity index (χ4n) is 7.02. The molecule has 12 heteroatoms. The average Bonchev–Trinajstić information content (AvgIpc) is 3.66. The third-order valence-corrected chi connectivity index (χ3v) is 9.45. The Morgan fingerprint density at radius 1 is 0.896 bits per heavy atom. The summed E-state index contributed by atoms with van der Waals surface area (Å²) in [6.45, 7) is 4.93. The first-order valence-corrected chi connectivity index (χ1v) is 16.5. The van der Waals surface area contributed by atoms with E-state index >= 15 is 0 Å². The summed E-state index contributed by atoms with van der Waals surface area (Å²) >= 11 is 0. The Morgan fingerprint density at radius 3 is 2.31 bits per heavy atom. The molecule has 2 aliphatic rings. The van der Waals surface area contributed by atoms with Gasteiger partial charge in [-0.3, -0.25) is 13.9 Å². The highest BCUT2D eigenvalue weighted by Gasteiger charge is 2.42. The van der Waals surface area contributed by atoms with E-state index in [9.17, 15) is 22.8 Å². The molecule has 5 heterocycles. The Hall–Kier alpha value is -4.87. The molecular formula is C36H37F3N6O3. The number of hydrogen-bond donors (Lipinski definition) is 0. The van der Waals surface area contributed by atoms with Gasteiger partial charge in [-0.15, -0.1) is 0 Å². The normalized spacial score (nSPS) is 17.7. The number of anilines is 2. The number of rotatable bonds is 8. The van der Waals surface area contributed by atoms with Gasteiger partial charge in [-0.25, -0.2) is 9.78 Å². The van der Waals surface area contributed by atoms with Crippen molar-refractivity contribution < 1.29 is 22.4 Å². The Morgan fingerprint density at radius 2 is 1.62 bits per heavy atom. The molecule has 0 radical (unpaired) electrons. The van der Waals surface area contributed by atoms with Crippen molar-refractivity contribution in [3.8, 4) is 0 Å². The molecule has 2 aliphatic heterocycles. The van der Waals surface area contributed by atoms with Crippen LogP contribution in [0.5, 0.6) is 0 Å². The van der Waals surface area contributed by atoms with E-state index in [1.807, 2.05) is 70.7 Å². The van der Waals surface area contributed by atoms with Crippen molar-refractivity contribution in [2.45, 2.75) is 57.8 Å². The van der Waals surface area contributed by atoms with Crippen molar-refractivity contribution in [1.29, 1.82) is 0 Å². The van der Waals surface area contributed by atoms with Gasteiger partial charge >= 0.3 is 11.9 Å². The molecule has 0 amide bonds. The number of nitrogens with zero attached hydrogens (tertiary/aromatic N) is 6. The molecule has 0 saturated carbocycles. The Bertz CT molecular complexity index is 1960. The van der Waals surface area contributed by atoms with Gasteiger partial charge in [-0.2, -0.15) is 18.2 Å². The molecule has 7 rings (SSSR count). The van der Waals surface area contributed by atoms with Gasteiger partial charge in [0.15, 0.2) is 5.69 Å². The van der Waals surface area contributed by atoms with Crippen molar-refractivity contribution in [3.63, 3.8) is 0 Å². The number of aromatic nitrogens is 4. The molecule has 0 spiro atoms. The smallest absolute Gasteiger partial charge is 0.420 e. The minimum atomic E-state index is -4.82.